The van der Waals surface area contributed by atoms with Gasteiger partial charge in [-0.3, -0.25) is 0 Å². The van der Waals surface area contributed by atoms with Crippen molar-refractivity contribution in [2.45, 2.75) is 20.8 Å². The first kappa shape index (κ1) is 8.43. The molecule has 1 radical (unpaired) electrons. The van der Waals surface area contributed by atoms with Gasteiger partial charge in [-0.25, -0.2) is 0 Å². The second-order valence-electron chi connectivity index (χ2n) is 2.56. The van der Waals surface area contributed by atoms with Crippen molar-refractivity contribution in [2.24, 2.45) is 0 Å². The fraction of sp³-hybridized carbons (Fsp3) is 0.857. The van der Waals surface area contributed by atoms with E-state index in [4.69, 9.17) is 0 Å². The third kappa shape index (κ3) is 2.13. The summed E-state index contributed by atoms with van der Waals surface area (Å²) in [5.74, 6) is 0. The van der Waals surface area contributed by atoms with Crippen molar-refractivity contribution in [3.63, 3.8) is 0 Å². The normalized spacial score (nSPS) is 14.0. The molecule has 0 aliphatic rings. The molecule has 51 valence electrons. The molecule has 0 saturated carbocycles. The van der Waals surface area contributed by atoms with Crippen molar-refractivity contribution in [1.29, 1.82) is 0 Å². The summed E-state index contributed by atoms with van der Waals surface area (Å²) in [6.07, 6.45) is 4.04. The Kier molecular flexibility index (Phi) is 3.64. The standard InChI is InChI=1S/C7H18P/c1-5-8(4,6-2)7-3/h8H,4-7H2,1-3H3. The molecule has 0 amide bonds. The zero-order chi connectivity index (χ0) is 6.62. The second kappa shape index (κ2) is 3.45. The summed E-state index contributed by atoms with van der Waals surface area (Å²) < 4.78 is 0. The molecule has 0 aromatic heterocycles. The minimum atomic E-state index is -0.921. The van der Waals surface area contributed by atoms with Crippen molar-refractivity contribution in [1.82, 2.24) is 0 Å². The Balaban J connectivity index is 3.58. The van der Waals surface area contributed by atoms with Crippen LogP contribution in [0.15, 0.2) is 0 Å². The van der Waals surface area contributed by atoms with Crippen LogP contribution in [-0.4, -0.2) is 18.5 Å². The SMILES string of the molecule is [CH2][PH](CC)(CC)CC. The van der Waals surface area contributed by atoms with Crippen LogP contribution in [0.3, 0.4) is 0 Å². The Hall–Kier alpha value is 0.430. The Labute approximate surface area is 54.0 Å². The van der Waals surface area contributed by atoms with Gasteiger partial charge < -0.3 is 0 Å². The topological polar surface area (TPSA) is 0 Å². The van der Waals surface area contributed by atoms with Gasteiger partial charge in [-0.2, -0.15) is 0 Å². The molecule has 0 aliphatic heterocycles. The van der Waals surface area contributed by atoms with E-state index in [2.05, 4.69) is 27.4 Å². The van der Waals surface area contributed by atoms with E-state index < -0.39 is 7.26 Å². The van der Waals surface area contributed by atoms with E-state index >= 15 is 0 Å². The second-order valence-corrected chi connectivity index (χ2v) is 7.68. The van der Waals surface area contributed by atoms with Gasteiger partial charge in [0.1, 0.15) is 0 Å². The summed E-state index contributed by atoms with van der Waals surface area (Å²) in [4.78, 5) is 0. The van der Waals surface area contributed by atoms with Crippen molar-refractivity contribution >= 4 is 7.26 Å². The summed E-state index contributed by atoms with van der Waals surface area (Å²) in [6.45, 7) is 11.1. The van der Waals surface area contributed by atoms with Crippen LogP contribution in [0.4, 0.5) is 0 Å². The van der Waals surface area contributed by atoms with Crippen molar-refractivity contribution in [2.75, 3.05) is 18.5 Å². The fourth-order valence-corrected chi connectivity index (χ4v) is 2.25. The van der Waals surface area contributed by atoms with Gasteiger partial charge in [-0.05, 0) is 0 Å². The van der Waals surface area contributed by atoms with Crippen LogP contribution in [0.2, 0.25) is 0 Å². The van der Waals surface area contributed by atoms with Gasteiger partial charge in [-0.1, -0.05) is 0 Å². The van der Waals surface area contributed by atoms with Gasteiger partial charge in [0, 0.05) is 0 Å². The van der Waals surface area contributed by atoms with E-state index in [1.807, 2.05) is 0 Å². The minimum absolute atomic E-state index is 0.921. The fourth-order valence-electron chi connectivity index (χ4n) is 0.750. The summed E-state index contributed by atoms with van der Waals surface area (Å²) >= 11 is 0. The Bertz CT molecular complexity index is 47.1. The monoisotopic (exact) mass is 133 g/mol. The van der Waals surface area contributed by atoms with Crippen LogP contribution in [0.5, 0.6) is 0 Å². The third-order valence-electron chi connectivity index (χ3n) is 2.25. The zero-order valence-electron chi connectivity index (χ0n) is 6.33. The molecule has 0 nitrogen and oxygen atoms in total. The maximum absolute atomic E-state index is 4.26. The van der Waals surface area contributed by atoms with Gasteiger partial charge in [0.05, 0.1) is 0 Å². The predicted molar refractivity (Wildman–Crippen MR) is 45.3 cm³/mol. The molecule has 0 rings (SSSR count). The molecule has 0 aromatic carbocycles. The summed E-state index contributed by atoms with van der Waals surface area (Å²) in [6, 6.07) is 0. The van der Waals surface area contributed by atoms with Gasteiger partial charge in [0.2, 0.25) is 0 Å². The van der Waals surface area contributed by atoms with Gasteiger partial charge >= 0.3 is 53.2 Å². The molecule has 0 spiro atoms. The van der Waals surface area contributed by atoms with Crippen LogP contribution >= 0.6 is 7.26 Å². The Morgan fingerprint density at radius 1 is 1.00 bits per heavy atom. The van der Waals surface area contributed by atoms with E-state index in [1.165, 1.54) is 18.5 Å². The average Bonchev–Trinajstić information content (AvgIpc) is 1.87. The van der Waals surface area contributed by atoms with Crippen LogP contribution in [0.25, 0.3) is 0 Å². The van der Waals surface area contributed by atoms with Crippen molar-refractivity contribution in [3.05, 3.63) is 6.66 Å². The molecule has 8 heavy (non-hydrogen) atoms. The van der Waals surface area contributed by atoms with E-state index in [0.717, 1.165) is 0 Å². The zero-order valence-corrected chi connectivity index (χ0v) is 7.33. The Morgan fingerprint density at radius 2 is 1.25 bits per heavy atom. The van der Waals surface area contributed by atoms with Crippen LogP contribution in [0, 0.1) is 6.66 Å². The van der Waals surface area contributed by atoms with E-state index in [9.17, 15) is 0 Å². The molecule has 0 saturated heterocycles. The summed E-state index contributed by atoms with van der Waals surface area (Å²) in [7, 11) is -0.921. The van der Waals surface area contributed by atoms with Crippen molar-refractivity contribution < 1.29 is 0 Å². The van der Waals surface area contributed by atoms with E-state index in [-0.39, 0.29) is 0 Å². The molecule has 1 heteroatoms. The molecular formula is C7H18P. The van der Waals surface area contributed by atoms with Crippen LogP contribution in [-0.2, 0) is 0 Å². The predicted octanol–water partition coefficient (Wildman–Crippen LogP) is 2.59. The van der Waals surface area contributed by atoms with Crippen LogP contribution in [0.1, 0.15) is 20.8 Å². The summed E-state index contributed by atoms with van der Waals surface area (Å²) in [5.41, 5.74) is 0. The molecule has 0 heterocycles. The molecule has 0 fully saturated rings. The molecule has 0 unspecified atom stereocenters. The van der Waals surface area contributed by atoms with E-state index in [0.29, 0.717) is 0 Å². The first-order valence-electron chi connectivity index (χ1n) is 3.54. The first-order valence-corrected chi connectivity index (χ1v) is 6.36. The number of hydrogen-bond donors (Lipinski definition) is 0. The molecule has 0 bridgehead atoms. The number of hydrogen-bond acceptors (Lipinski definition) is 0. The quantitative estimate of drug-likeness (QED) is 0.519. The van der Waals surface area contributed by atoms with Gasteiger partial charge in [-0.15, -0.1) is 0 Å². The maximum atomic E-state index is 4.26. The first-order chi connectivity index (χ1) is 3.68. The molecule has 0 atom stereocenters. The number of rotatable bonds is 3. The average molecular weight is 133 g/mol. The molecule has 0 aliphatic carbocycles. The van der Waals surface area contributed by atoms with Crippen molar-refractivity contribution in [3.8, 4) is 0 Å². The molecule has 0 aromatic rings. The van der Waals surface area contributed by atoms with Crippen LogP contribution < -0.4 is 0 Å². The van der Waals surface area contributed by atoms with Gasteiger partial charge in [0.15, 0.2) is 0 Å². The van der Waals surface area contributed by atoms with Gasteiger partial charge in [0.25, 0.3) is 0 Å². The molecule has 0 N–H and O–H groups in total. The van der Waals surface area contributed by atoms with E-state index in [1.54, 1.807) is 0 Å². The Morgan fingerprint density at radius 3 is 1.25 bits per heavy atom. The summed E-state index contributed by atoms with van der Waals surface area (Å²) in [5, 5.41) is 0. The third-order valence-corrected chi connectivity index (χ3v) is 6.75. The molecular weight excluding hydrogens is 115 g/mol.